The fourth-order valence-electron chi connectivity index (χ4n) is 4.02. The molecule has 0 unspecified atom stereocenters. The lowest BCUT2D eigenvalue weighted by Gasteiger charge is -2.33. The molecule has 0 fully saturated rings. The van der Waals surface area contributed by atoms with Gasteiger partial charge in [-0.25, -0.2) is 8.42 Å². The van der Waals surface area contributed by atoms with E-state index >= 15 is 0 Å². The van der Waals surface area contributed by atoms with Gasteiger partial charge in [0.25, 0.3) is 10.0 Å². The van der Waals surface area contributed by atoms with Crippen molar-refractivity contribution < 1.29 is 18.0 Å². The minimum Gasteiger partial charge on any atom is -0.350 e. The van der Waals surface area contributed by atoms with Crippen LogP contribution in [-0.4, -0.2) is 43.3 Å². The van der Waals surface area contributed by atoms with Crippen molar-refractivity contribution in [1.29, 1.82) is 0 Å². The van der Waals surface area contributed by atoms with E-state index in [-0.39, 0.29) is 17.3 Å². The summed E-state index contributed by atoms with van der Waals surface area (Å²) in [4.78, 5) is 28.6. The van der Waals surface area contributed by atoms with Crippen molar-refractivity contribution in [2.24, 2.45) is 0 Å². The molecule has 1 N–H and O–H groups in total. The summed E-state index contributed by atoms with van der Waals surface area (Å²) in [5.41, 5.74) is 2.67. The minimum absolute atomic E-state index is 0.0866. The second-order valence-corrected chi connectivity index (χ2v) is 12.4. The number of sulfonamides is 1. The number of aryl methyl sites for hydroxylation is 2. The summed E-state index contributed by atoms with van der Waals surface area (Å²) < 4.78 is 28.7. The van der Waals surface area contributed by atoms with Gasteiger partial charge >= 0.3 is 0 Å². The van der Waals surface area contributed by atoms with Gasteiger partial charge < -0.3 is 10.2 Å². The van der Waals surface area contributed by atoms with Crippen molar-refractivity contribution in [3.63, 3.8) is 0 Å². The molecule has 3 rings (SSSR count). The van der Waals surface area contributed by atoms with Gasteiger partial charge in [-0.05, 0) is 71.4 Å². The molecule has 7 nitrogen and oxygen atoms in total. The molecule has 0 radical (unpaired) electrons. The van der Waals surface area contributed by atoms with Crippen molar-refractivity contribution >= 4 is 27.5 Å². The Morgan fingerprint density at radius 3 is 2.08 bits per heavy atom. The summed E-state index contributed by atoms with van der Waals surface area (Å²) in [6.07, 6.45) is 0. The molecule has 0 aliphatic carbocycles. The van der Waals surface area contributed by atoms with Gasteiger partial charge in [-0.1, -0.05) is 65.7 Å². The second-order valence-electron chi connectivity index (χ2n) is 10.6. The average Bonchev–Trinajstić information content (AvgIpc) is 2.85. The Labute approximate surface area is 226 Å². The zero-order chi connectivity index (χ0) is 28.1. The SMILES string of the molecule is Cc1ccc(S(=O)(=O)N(CC(=O)N(Cc2cccc(C)c2)[C@@H](C)C(=O)NC(C)(C)C)c2ccccc2)cc1. The molecule has 0 aliphatic heterocycles. The Bertz CT molecular complexity index is 1360. The third-order valence-electron chi connectivity index (χ3n) is 6.03. The molecule has 0 spiro atoms. The first kappa shape index (κ1) is 28.9. The van der Waals surface area contributed by atoms with Gasteiger partial charge in [-0.15, -0.1) is 0 Å². The summed E-state index contributed by atoms with van der Waals surface area (Å²) in [6.45, 7) is 10.8. The molecular formula is C30H37N3O4S. The van der Waals surface area contributed by atoms with Crippen LogP contribution < -0.4 is 9.62 Å². The van der Waals surface area contributed by atoms with Crippen LogP contribution in [0.4, 0.5) is 5.69 Å². The molecule has 3 aromatic rings. The van der Waals surface area contributed by atoms with E-state index in [9.17, 15) is 18.0 Å². The summed E-state index contributed by atoms with van der Waals surface area (Å²) in [5.74, 6) is -0.797. The van der Waals surface area contributed by atoms with Gasteiger partial charge in [0.05, 0.1) is 10.6 Å². The summed E-state index contributed by atoms with van der Waals surface area (Å²) in [6, 6.07) is 21.9. The largest absolute Gasteiger partial charge is 0.350 e. The number of carbonyl (C=O) groups is 2. The molecule has 38 heavy (non-hydrogen) atoms. The number of para-hydroxylation sites is 1. The van der Waals surface area contributed by atoms with Gasteiger partial charge in [-0.3, -0.25) is 13.9 Å². The molecule has 1 atom stereocenters. The summed E-state index contributed by atoms with van der Waals surface area (Å²) >= 11 is 0. The molecule has 3 aromatic carbocycles. The number of nitrogens with zero attached hydrogens (tertiary/aromatic N) is 2. The molecular weight excluding hydrogens is 498 g/mol. The number of nitrogens with one attached hydrogen (secondary N) is 1. The van der Waals surface area contributed by atoms with E-state index in [1.165, 1.54) is 17.0 Å². The Morgan fingerprint density at radius 1 is 0.868 bits per heavy atom. The van der Waals surface area contributed by atoms with Crippen molar-refractivity contribution in [3.8, 4) is 0 Å². The highest BCUT2D eigenvalue weighted by atomic mass is 32.2. The fraction of sp³-hybridized carbons (Fsp3) is 0.333. The monoisotopic (exact) mass is 535 g/mol. The first-order valence-electron chi connectivity index (χ1n) is 12.6. The predicted molar refractivity (Wildman–Crippen MR) is 151 cm³/mol. The summed E-state index contributed by atoms with van der Waals surface area (Å²) in [5, 5.41) is 2.93. The molecule has 0 heterocycles. The van der Waals surface area contributed by atoms with Gasteiger partial charge in [0.15, 0.2) is 0 Å². The Morgan fingerprint density at radius 2 is 1.50 bits per heavy atom. The average molecular weight is 536 g/mol. The lowest BCUT2D eigenvalue weighted by Crippen LogP contribution is -2.54. The van der Waals surface area contributed by atoms with E-state index in [0.717, 1.165) is 21.0 Å². The minimum atomic E-state index is -4.07. The molecule has 202 valence electrons. The van der Waals surface area contributed by atoms with E-state index < -0.39 is 34.1 Å². The van der Waals surface area contributed by atoms with Crippen molar-refractivity contribution in [1.82, 2.24) is 10.2 Å². The molecule has 0 saturated heterocycles. The number of carbonyl (C=O) groups excluding carboxylic acids is 2. The highest BCUT2D eigenvalue weighted by Gasteiger charge is 2.33. The number of benzene rings is 3. The van der Waals surface area contributed by atoms with E-state index in [2.05, 4.69) is 5.32 Å². The van der Waals surface area contributed by atoms with Crippen molar-refractivity contribution in [2.45, 2.75) is 64.6 Å². The third-order valence-corrected chi connectivity index (χ3v) is 7.82. The van der Waals surface area contributed by atoms with Crippen LogP contribution in [0, 0.1) is 13.8 Å². The van der Waals surface area contributed by atoms with Crippen molar-refractivity contribution in [2.75, 3.05) is 10.8 Å². The maximum Gasteiger partial charge on any atom is 0.264 e. The maximum atomic E-state index is 13.9. The lowest BCUT2D eigenvalue weighted by molar-refractivity contribution is -0.140. The molecule has 0 aliphatic rings. The first-order chi connectivity index (χ1) is 17.8. The Hall–Kier alpha value is -3.65. The highest BCUT2D eigenvalue weighted by Crippen LogP contribution is 2.25. The van der Waals surface area contributed by atoms with Gasteiger partial charge in [-0.2, -0.15) is 0 Å². The van der Waals surface area contributed by atoms with Gasteiger partial charge in [0, 0.05) is 12.1 Å². The van der Waals surface area contributed by atoms with Crippen LogP contribution in [-0.2, 0) is 26.2 Å². The van der Waals surface area contributed by atoms with Crippen LogP contribution >= 0.6 is 0 Å². The van der Waals surface area contributed by atoms with Crippen LogP contribution in [0.2, 0.25) is 0 Å². The zero-order valence-electron chi connectivity index (χ0n) is 22.9. The van der Waals surface area contributed by atoms with Gasteiger partial charge in [0.2, 0.25) is 11.8 Å². The Kier molecular flexibility index (Phi) is 8.99. The zero-order valence-corrected chi connectivity index (χ0v) is 23.7. The number of amides is 2. The molecule has 0 aromatic heterocycles. The van der Waals surface area contributed by atoms with Crippen molar-refractivity contribution in [3.05, 3.63) is 95.6 Å². The van der Waals surface area contributed by atoms with E-state index in [0.29, 0.717) is 5.69 Å². The summed E-state index contributed by atoms with van der Waals surface area (Å²) in [7, 11) is -4.07. The van der Waals surface area contributed by atoms with Crippen LogP contribution in [0.25, 0.3) is 0 Å². The quantitative estimate of drug-likeness (QED) is 0.425. The molecule has 8 heteroatoms. The Balaban J connectivity index is 2.01. The van der Waals surface area contributed by atoms with Gasteiger partial charge in [0.1, 0.15) is 12.6 Å². The normalized spacial score (nSPS) is 12.5. The number of hydrogen-bond acceptors (Lipinski definition) is 4. The van der Waals surface area contributed by atoms with E-state index in [1.54, 1.807) is 49.4 Å². The van der Waals surface area contributed by atoms with Crippen LogP contribution in [0.1, 0.15) is 44.4 Å². The third kappa shape index (κ3) is 7.44. The number of hydrogen-bond donors (Lipinski definition) is 1. The second kappa shape index (κ2) is 11.8. The topological polar surface area (TPSA) is 86.8 Å². The number of rotatable bonds is 9. The van der Waals surface area contributed by atoms with Crippen LogP contribution in [0.15, 0.2) is 83.8 Å². The first-order valence-corrected chi connectivity index (χ1v) is 14.0. The lowest BCUT2D eigenvalue weighted by atomic mass is 10.1. The standard InChI is InChI=1S/C30H37N3O4S/c1-22-15-17-27(18-16-22)38(36,37)33(26-13-8-7-9-14-26)21-28(34)32(20-25-12-10-11-23(2)19-25)24(3)29(35)31-30(4,5)6/h7-19,24H,20-21H2,1-6H3,(H,31,35)/t24-/m0/s1. The highest BCUT2D eigenvalue weighted by molar-refractivity contribution is 7.92. The molecule has 2 amide bonds. The smallest absolute Gasteiger partial charge is 0.264 e. The maximum absolute atomic E-state index is 13.9. The fourth-order valence-corrected chi connectivity index (χ4v) is 5.44. The van der Waals surface area contributed by atoms with Crippen LogP contribution in [0.3, 0.4) is 0 Å². The van der Waals surface area contributed by atoms with Crippen LogP contribution in [0.5, 0.6) is 0 Å². The number of anilines is 1. The van der Waals surface area contributed by atoms with E-state index in [4.69, 9.17) is 0 Å². The molecule has 0 bridgehead atoms. The van der Waals surface area contributed by atoms with E-state index in [1.807, 2.05) is 58.9 Å². The predicted octanol–water partition coefficient (Wildman–Crippen LogP) is 4.83. The molecule has 0 saturated carbocycles.